The minimum Gasteiger partial charge on any atom is -0.444 e. The van der Waals surface area contributed by atoms with Gasteiger partial charge < -0.3 is 9.47 Å². The van der Waals surface area contributed by atoms with Gasteiger partial charge in [-0.05, 0) is 53.5 Å². The Morgan fingerprint density at radius 2 is 2.21 bits per heavy atom. The third-order valence-corrected chi connectivity index (χ3v) is 2.95. The fourth-order valence-electron chi connectivity index (χ4n) is 2.15. The van der Waals surface area contributed by atoms with E-state index in [0.29, 0.717) is 6.61 Å². The molecule has 0 aromatic heterocycles. The monoisotopic (exact) mass is 267 g/mol. The number of carbonyl (C=O) groups excluding carboxylic acids is 1. The zero-order chi connectivity index (χ0) is 14.7. The lowest BCUT2D eigenvalue weighted by molar-refractivity contribution is -0.0626. The zero-order valence-corrected chi connectivity index (χ0v) is 12.7. The molecule has 108 valence electrons. The Morgan fingerprint density at radius 3 is 2.74 bits per heavy atom. The average Bonchev–Trinajstić information content (AvgIpc) is 2.52. The highest BCUT2D eigenvalue weighted by atomic mass is 16.6. The van der Waals surface area contributed by atoms with Crippen LogP contribution >= 0.6 is 0 Å². The summed E-state index contributed by atoms with van der Waals surface area (Å²) >= 11 is 0. The first kappa shape index (κ1) is 15.8. The Kier molecular flexibility index (Phi) is 4.83. The van der Waals surface area contributed by atoms with E-state index < -0.39 is 11.3 Å². The van der Waals surface area contributed by atoms with Gasteiger partial charge in [-0.3, -0.25) is 4.90 Å². The van der Waals surface area contributed by atoms with Crippen molar-refractivity contribution in [1.82, 2.24) is 4.90 Å². The van der Waals surface area contributed by atoms with Crippen molar-refractivity contribution in [2.24, 2.45) is 0 Å². The first-order chi connectivity index (χ1) is 8.67. The largest absolute Gasteiger partial charge is 0.444 e. The van der Waals surface area contributed by atoms with Crippen LogP contribution in [-0.2, 0) is 9.47 Å². The molecule has 0 unspecified atom stereocenters. The molecule has 0 spiro atoms. The number of ether oxygens (including phenoxy) is 2. The number of amides is 1. The number of rotatable bonds is 3. The first-order valence-electron chi connectivity index (χ1n) is 6.68. The number of carbonyl (C=O) groups is 1. The van der Waals surface area contributed by atoms with Gasteiger partial charge in [-0.15, -0.1) is 5.73 Å². The Bertz CT molecular complexity index is 375. The molecule has 4 heteroatoms. The van der Waals surface area contributed by atoms with Crippen molar-refractivity contribution in [1.29, 1.82) is 0 Å². The van der Waals surface area contributed by atoms with Gasteiger partial charge in [-0.2, -0.15) is 0 Å². The van der Waals surface area contributed by atoms with Crippen molar-refractivity contribution in [2.75, 3.05) is 6.61 Å². The van der Waals surface area contributed by atoms with Crippen molar-refractivity contribution in [3.8, 4) is 0 Å². The van der Waals surface area contributed by atoms with Crippen molar-refractivity contribution < 1.29 is 14.3 Å². The molecule has 1 fully saturated rings. The third kappa shape index (κ3) is 4.41. The number of hydrogen-bond acceptors (Lipinski definition) is 3. The summed E-state index contributed by atoms with van der Waals surface area (Å²) in [5.41, 5.74) is 1.63. The van der Waals surface area contributed by atoms with Crippen LogP contribution in [0.15, 0.2) is 18.4 Å². The van der Waals surface area contributed by atoms with E-state index in [1.807, 2.05) is 40.7 Å². The van der Waals surface area contributed by atoms with E-state index in [4.69, 9.17) is 9.47 Å². The molecule has 1 saturated heterocycles. The molecule has 1 aliphatic rings. The topological polar surface area (TPSA) is 38.8 Å². The summed E-state index contributed by atoms with van der Waals surface area (Å²) in [5.74, 6) is 0. The van der Waals surface area contributed by atoms with Gasteiger partial charge in [0.1, 0.15) is 11.3 Å². The molecule has 1 heterocycles. The molecule has 0 radical (unpaired) electrons. The Balaban J connectivity index is 2.77. The molecule has 0 aliphatic carbocycles. The number of allylic oxidation sites excluding steroid dienone is 1. The second kappa shape index (κ2) is 5.81. The highest BCUT2D eigenvalue weighted by molar-refractivity contribution is 5.69. The quantitative estimate of drug-likeness (QED) is 0.735. The number of nitrogens with zero attached hydrogens (tertiary/aromatic N) is 1. The second-order valence-corrected chi connectivity index (χ2v) is 6.25. The third-order valence-electron chi connectivity index (χ3n) is 2.95. The predicted octanol–water partition coefficient (Wildman–Crippen LogP) is 3.48. The Hall–Kier alpha value is -1.25. The van der Waals surface area contributed by atoms with E-state index in [9.17, 15) is 4.79 Å². The summed E-state index contributed by atoms with van der Waals surface area (Å²) in [6.07, 6.45) is 3.21. The van der Waals surface area contributed by atoms with Crippen LogP contribution in [0.25, 0.3) is 0 Å². The van der Waals surface area contributed by atoms with E-state index >= 15 is 0 Å². The fourth-order valence-corrected chi connectivity index (χ4v) is 2.15. The van der Waals surface area contributed by atoms with Crippen LogP contribution in [0.3, 0.4) is 0 Å². The molecule has 1 rings (SSSR count). The molecule has 0 aromatic rings. The summed E-state index contributed by atoms with van der Waals surface area (Å²) < 4.78 is 11.2. The van der Waals surface area contributed by atoms with E-state index in [1.165, 1.54) is 0 Å². The van der Waals surface area contributed by atoms with Gasteiger partial charge in [0, 0.05) is 0 Å². The summed E-state index contributed by atoms with van der Waals surface area (Å²) in [6, 6.07) is 0.0365. The molecule has 19 heavy (non-hydrogen) atoms. The summed E-state index contributed by atoms with van der Waals surface area (Å²) in [6.45, 7) is 13.5. The summed E-state index contributed by atoms with van der Waals surface area (Å²) in [7, 11) is 0. The van der Waals surface area contributed by atoms with Gasteiger partial charge in [0.2, 0.25) is 0 Å². The van der Waals surface area contributed by atoms with Crippen LogP contribution < -0.4 is 0 Å². The van der Waals surface area contributed by atoms with Gasteiger partial charge >= 0.3 is 6.09 Å². The molecule has 1 aliphatic heterocycles. The molecule has 0 aromatic carbocycles. The highest BCUT2D eigenvalue weighted by Crippen LogP contribution is 2.31. The fraction of sp³-hybridized carbons (Fsp3) is 0.733. The summed E-state index contributed by atoms with van der Waals surface area (Å²) in [5, 5.41) is 0. The van der Waals surface area contributed by atoms with Crippen molar-refractivity contribution in [3.05, 3.63) is 18.4 Å². The van der Waals surface area contributed by atoms with E-state index in [-0.39, 0.29) is 12.1 Å². The lowest BCUT2D eigenvalue weighted by Gasteiger charge is -2.35. The molecule has 0 saturated carbocycles. The maximum Gasteiger partial charge on any atom is 0.412 e. The van der Waals surface area contributed by atoms with Gasteiger partial charge in [0.25, 0.3) is 0 Å². The van der Waals surface area contributed by atoms with Gasteiger partial charge in [0.05, 0.1) is 12.6 Å². The predicted molar refractivity (Wildman–Crippen MR) is 74.8 cm³/mol. The van der Waals surface area contributed by atoms with Crippen LogP contribution in [0.4, 0.5) is 4.79 Å². The van der Waals surface area contributed by atoms with Crippen LogP contribution in [0.2, 0.25) is 0 Å². The minimum atomic E-state index is -0.620. The molecule has 0 bridgehead atoms. The molecule has 0 N–H and O–H groups in total. The van der Waals surface area contributed by atoms with Gasteiger partial charge in [0.15, 0.2) is 0 Å². The van der Waals surface area contributed by atoms with E-state index in [2.05, 4.69) is 12.3 Å². The summed E-state index contributed by atoms with van der Waals surface area (Å²) in [4.78, 5) is 14.0. The number of hydrogen-bond donors (Lipinski definition) is 0. The highest BCUT2D eigenvalue weighted by Gasteiger charge is 2.45. The Morgan fingerprint density at radius 1 is 1.58 bits per heavy atom. The maximum atomic E-state index is 12.3. The van der Waals surface area contributed by atoms with Gasteiger partial charge in [-0.25, -0.2) is 4.79 Å². The van der Waals surface area contributed by atoms with Gasteiger partial charge in [-0.1, -0.05) is 6.58 Å². The van der Waals surface area contributed by atoms with Crippen molar-refractivity contribution in [3.63, 3.8) is 0 Å². The Labute approximate surface area is 116 Å². The average molecular weight is 267 g/mol. The minimum absolute atomic E-state index is 0.0365. The SMILES string of the molecule is C=C=CCC[C@@H]1COC(C)(C)N1C(=O)OC(C)(C)C. The molecular weight excluding hydrogens is 242 g/mol. The zero-order valence-electron chi connectivity index (χ0n) is 12.7. The second-order valence-electron chi connectivity index (χ2n) is 6.25. The van der Waals surface area contributed by atoms with E-state index in [1.54, 1.807) is 4.90 Å². The normalized spacial score (nSPS) is 21.9. The molecule has 1 atom stereocenters. The lowest BCUT2D eigenvalue weighted by Crippen LogP contribution is -2.49. The van der Waals surface area contributed by atoms with E-state index in [0.717, 1.165) is 12.8 Å². The maximum absolute atomic E-state index is 12.3. The van der Waals surface area contributed by atoms with Crippen molar-refractivity contribution >= 4 is 6.09 Å². The van der Waals surface area contributed by atoms with Crippen LogP contribution in [0, 0.1) is 0 Å². The van der Waals surface area contributed by atoms with Crippen molar-refractivity contribution in [2.45, 2.75) is 64.8 Å². The van der Waals surface area contributed by atoms with Crippen LogP contribution in [0.1, 0.15) is 47.5 Å². The lowest BCUT2D eigenvalue weighted by atomic mass is 10.1. The first-order valence-corrected chi connectivity index (χ1v) is 6.68. The molecule has 4 nitrogen and oxygen atoms in total. The molecular formula is C15H25NO3. The van der Waals surface area contributed by atoms with Crippen LogP contribution in [0.5, 0.6) is 0 Å². The van der Waals surface area contributed by atoms with Crippen LogP contribution in [-0.4, -0.2) is 35.0 Å². The molecule has 1 amide bonds. The smallest absolute Gasteiger partial charge is 0.412 e. The standard InChI is InChI=1S/C15H25NO3/c1-7-8-9-10-12-11-18-15(5,6)16(12)13(17)19-14(2,3)4/h8,12H,1,9-11H2,2-6H3/t12-/m1/s1.